The Morgan fingerprint density at radius 1 is 1.15 bits per heavy atom. The van der Waals surface area contributed by atoms with Gasteiger partial charge in [0.15, 0.2) is 0 Å². The molecule has 1 aromatic carbocycles. The molecule has 2 saturated heterocycles. The van der Waals surface area contributed by atoms with Gasteiger partial charge >= 0.3 is 0 Å². The van der Waals surface area contributed by atoms with E-state index >= 15 is 0 Å². The molecular formula is C20H26N4O3. The van der Waals surface area contributed by atoms with Gasteiger partial charge < -0.3 is 20.0 Å². The van der Waals surface area contributed by atoms with Crippen molar-refractivity contribution in [1.82, 2.24) is 15.1 Å². The van der Waals surface area contributed by atoms with Crippen LogP contribution in [0.15, 0.2) is 30.3 Å². The van der Waals surface area contributed by atoms with E-state index in [9.17, 15) is 14.4 Å². The van der Waals surface area contributed by atoms with E-state index in [1.807, 2.05) is 30.3 Å². The van der Waals surface area contributed by atoms with Crippen molar-refractivity contribution in [3.05, 3.63) is 30.3 Å². The third-order valence-electron chi connectivity index (χ3n) is 5.89. The molecule has 2 aliphatic heterocycles. The minimum atomic E-state index is -0.673. The third-order valence-corrected chi connectivity index (χ3v) is 5.89. The predicted molar refractivity (Wildman–Crippen MR) is 101 cm³/mol. The van der Waals surface area contributed by atoms with Gasteiger partial charge in [0, 0.05) is 31.7 Å². The summed E-state index contributed by atoms with van der Waals surface area (Å²) in [4.78, 5) is 43.0. The number of amides is 3. The van der Waals surface area contributed by atoms with Crippen molar-refractivity contribution in [2.45, 2.75) is 44.2 Å². The topological polar surface area (TPSA) is 73.0 Å². The molecule has 144 valence electrons. The molecule has 3 fully saturated rings. The average molecular weight is 370 g/mol. The molecule has 1 saturated carbocycles. The van der Waals surface area contributed by atoms with Crippen LogP contribution >= 0.6 is 0 Å². The number of hydrogen-bond donors (Lipinski definition) is 1. The highest BCUT2D eigenvalue weighted by molar-refractivity contribution is 5.96. The molecule has 7 heteroatoms. The van der Waals surface area contributed by atoms with Crippen LogP contribution in [0.25, 0.3) is 0 Å². The van der Waals surface area contributed by atoms with E-state index in [0.29, 0.717) is 32.6 Å². The van der Waals surface area contributed by atoms with Gasteiger partial charge in [0.1, 0.15) is 12.1 Å². The van der Waals surface area contributed by atoms with Crippen molar-refractivity contribution in [3.63, 3.8) is 0 Å². The Hall–Kier alpha value is -2.57. The summed E-state index contributed by atoms with van der Waals surface area (Å²) in [7, 11) is 0. The molecule has 3 amide bonds. The summed E-state index contributed by atoms with van der Waals surface area (Å²) in [5.74, 6) is -0.0418. The third kappa shape index (κ3) is 3.38. The number of para-hydroxylation sites is 1. The summed E-state index contributed by atoms with van der Waals surface area (Å²) in [6.07, 6.45) is 3.23. The summed E-state index contributed by atoms with van der Waals surface area (Å²) < 4.78 is 0. The monoisotopic (exact) mass is 370 g/mol. The Kier molecular flexibility index (Phi) is 4.53. The zero-order chi connectivity index (χ0) is 19.0. The zero-order valence-electron chi connectivity index (χ0n) is 15.7. The predicted octanol–water partition coefficient (Wildman–Crippen LogP) is 0.952. The maximum atomic E-state index is 13.4. The fraction of sp³-hybridized carbons (Fsp3) is 0.550. The van der Waals surface area contributed by atoms with E-state index < -0.39 is 5.54 Å². The van der Waals surface area contributed by atoms with E-state index in [0.717, 1.165) is 18.5 Å². The second-order valence-corrected chi connectivity index (χ2v) is 7.79. The number of carbonyl (C=O) groups is 3. The highest BCUT2D eigenvalue weighted by Crippen LogP contribution is 2.39. The van der Waals surface area contributed by atoms with Crippen LogP contribution in [0.5, 0.6) is 0 Å². The lowest BCUT2D eigenvalue weighted by Gasteiger charge is -2.43. The Morgan fingerprint density at radius 3 is 2.41 bits per heavy atom. The quantitative estimate of drug-likeness (QED) is 0.857. The Bertz CT molecular complexity index is 739. The number of rotatable bonds is 4. The van der Waals surface area contributed by atoms with Crippen molar-refractivity contribution in [2.75, 3.05) is 31.2 Å². The normalized spacial score (nSPS) is 21.7. The fourth-order valence-corrected chi connectivity index (χ4v) is 4.19. The van der Waals surface area contributed by atoms with Crippen molar-refractivity contribution < 1.29 is 14.4 Å². The summed E-state index contributed by atoms with van der Waals surface area (Å²) in [5.41, 5.74) is 0.305. The van der Waals surface area contributed by atoms with Gasteiger partial charge in [-0.3, -0.25) is 14.4 Å². The van der Waals surface area contributed by atoms with E-state index in [1.165, 1.54) is 0 Å². The molecule has 0 bridgehead atoms. The number of benzene rings is 1. The SMILES string of the molecule is CC(=O)N1CCC2(CC1)C(=O)N(CC(=O)NC1CC1)CN2c1ccccc1. The van der Waals surface area contributed by atoms with Crippen LogP contribution in [-0.2, 0) is 14.4 Å². The summed E-state index contributed by atoms with van der Waals surface area (Å²) in [6, 6.07) is 10.2. The molecule has 3 aliphatic rings. The lowest BCUT2D eigenvalue weighted by molar-refractivity contribution is -0.139. The number of piperidine rings is 1. The number of hydrogen-bond acceptors (Lipinski definition) is 4. The summed E-state index contributed by atoms with van der Waals surface area (Å²) >= 11 is 0. The van der Waals surface area contributed by atoms with Gasteiger partial charge in [-0.15, -0.1) is 0 Å². The molecule has 1 N–H and O–H groups in total. The minimum absolute atomic E-state index is 0.000465. The van der Waals surface area contributed by atoms with Gasteiger partial charge in [0.2, 0.25) is 11.8 Å². The van der Waals surface area contributed by atoms with Crippen molar-refractivity contribution in [1.29, 1.82) is 0 Å². The van der Waals surface area contributed by atoms with E-state index in [2.05, 4.69) is 10.2 Å². The number of nitrogens with zero attached hydrogens (tertiary/aromatic N) is 3. The average Bonchev–Trinajstić information content (AvgIpc) is 3.44. The summed E-state index contributed by atoms with van der Waals surface area (Å²) in [5, 5.41) is 2.97. The first-order valence-electron chi connectivity index (χ1n) is 9.66. The molecular weight excluding hydrogens is 344 g/mol. The van der Waals surface area contributed by atoms with Gasteiger partial charge in [0.05, 0.1) is 6.67 Å². The molecule has 0 atom stereocenters. The first kappa shape index (κ1) is 17.8. The van der Waals surface area contributed by atoms with E-state index in [1.54, 1.807) is 16.7 Å². The van der Waals surface area contributed by atoms with Crippen LogP contribution in [-0.4, -0.2) is 65.4 Å². The van der Waals surface area contributed by atoms with Crippen molar-refractivity contribution >= 4 is 23.4 Å². The molecule has 2 heterocycles. The maximum absolute atomic E-state index is 13.4. The molecule has 1 aliphatic carbocycles. The lowest BCUT2D eigenvalue weighted by atomic mass is 9.85. The van der Waals surface area contributed by atoms with E-state index in [-0.39, 0.29) is 30.3 Å². The molecule has 27 heavy (non-hydrogen) atoms. The van der Waals surface area contributed by atoms with Gasteiger partial charge in [0.25, 0.3) is 5.91 Å². The second kappa shape index (κ2) is 6.87. The van der Waals surface area contributed by atoms with Crippen molar-refractivity contribution in [3.8, 4) is 0 Å². The number of nitrogens with one attached hydrogen (secondary N) is 1. The number of anilines is 1. The van der Waals surface area contributed by atoms with Gasteiger partial charge in [-0.1, -0.05) is 18.2 Å². The Labute approximate surface area is 159 Å². The minimum Gasteiger partial charge on any atom is -0.352 e. The van der Waals surface area contributed by atoms with Gasteiger partial charge in [-0.05, 0) is 37.8 Å². The standard InChI is InChI=1S/C20H26N4O3/c1-15(25)22-11-9-20(10-12-22)19(27)23(13-18(26)21-16-7-8-16)14-24(20)17-5-3-2-4-6-17/h2-6,16H,7-14H2,1H3,(H,21,26). The number of carbonyl (C=O) groups excluding carboxylic acids is 3. The van der Waals surface area contributed by atoms with Gasteiger partial charge in [-0.2, -0.15) is 0 Å². The summed E-state index contributed by atoms with van der Waals surface area (Å²) in [6.45, 7) is 3.19. The highest BCUT2D eigenvalue weighted by atomic mass is 16.2. The van der Waals surface area contributed by atoms with Gasteiger partial charge in [-0.25, -0.2) is 0 Å². The molecule has 1 spiro atoms. The molecule has 1 aromatic rings. The molecule has 0 radical (unpaired) electrons. The van der Waals surface area contributed by atoms with Crippen LogP contribution in [0, 0.1) is 0 Å². The second-order valence-electron chi connectivity index (χ2n) is 7.79. The smallest absolute Gasteiger partial charge is 0.250 e. The lowest BCUT2D eigenvalue weighted by Crippen LogP contribution is -2.57. The molecule has 4 rings (SSSR count). The number of likely N-dealkylation sites (tertiary alicyclic amines) is 1. The first-order valence-corrected chi connectivity index (χ1v) is 9.66. The molecule has 0 aromatic heterocycles. The first-order chi connectivity index (χ1) is 13.0. The molecule has 7 nitrogen and oxygen atoms in total. The largest absolute Gasteiger partial charge is 0.352 e. The fourth-order valence-electron chi connectivity index (χ4n) is 4.19. The Balaban J connectivity index is 1.56. The van der Waals surface area contributed by atoms with Crippen LogP contribution in [0.3, 0.4) is 0 Å². The van der Waals surface area contributed by atoms with Crippen LogP contribution in [0.4, 0.5) is 5.69 Å². The molecule has 0 unspecified atom stereocenters. The Morgan fingerprint density at radius 2 is 1.81 bits per heavy atom. The van der Waals surface area contributed by atoms with Crippen LogP contribution in [0.1, 0.15) is 32.6 Å². The van der Waals surface area contributed by atoms with E-state index in [4.69, 9.17) is 0 Å². The van der Waals surface area contributed by atoms with Crippen LogP contribution < -0.4 is 10.2 Å². The maximum Gasteiger partial charge on any atom is 0.250 e. The van der Waals surface area contributed by atoms with Crippen LogP contribution in [0.2, 0.25) is 0 Å². The van der Waals surface area contributed by atoms with Crippen molar-refractivity contribution in [2.24, 2.45) is 0 Å². The highest BCUT2D eigenvalue weighted by Gasteiger charge is 2.54. The zero-order valence-corrected chi connectivity index (χ0v) is 15.7.